The molecule has 0 aliphatic carbocycles. The molecule has 2 N–H and O–H groups in total. The van der Waals surface area contributed by atoms with Crippen molar-refractivity contribution in [3.05, 3.63) is 29.4 Å². The van der Waals surface area contributed by atoms with E-state index in [0.717, 1.165) is 17.2 Å². The molecular weight excluding hydrogens is 238 g/mol. The Kier molecular flexibility index (Phi) is 3.76. The summed E-state index contributed by atoms with van der Waals surface area (Å²) in [7, 11) is 0. The van der Waals surface area contributed by atoms with Gasteiger partial charge in [0.15, 0.2) is 11.0 Å². The summed E-state index contributed by atoms with van der Waals surface area (Å²) < 4.78 is 0. The maximum absolute atomic E-state index is 9.18. The van der Waals surface area contributed by atoms with Crippen LogP contribution in [0.3, 0.4) is 0 Å². The number of nitrogens with one attached hydrogen (secondary N) is 1. The largest absolute Gasteiger partial charge is 0.394 e. The quantitative estimate of drug-likeness (QED) is 0.877. The zero-order valence-corrected chi connectivity index (χ0v) is 10.3. The highest BCUT2D eigenvalue weighted by atomic mass is 35.5. The minimum Gasteiger partial charge on any atom is -0.394 e. The van der Waals surface area contributed by atoms with Crippen LogP contribution in [0.25, 0.3) is 10.8 Å². The van der Waals surface area contributed by atoms with E-state index in [1.807, 2.05) is 31.2 Å². The van der Waals surface area contributed by atoms with Gasteiger partial charge in [-0.1, -0.05) is 42.8 Å². The van der Waals surface area contributed by atoms with Crippen molar-refractivity contribution in [1.82, 2.24) is 10.2 Å². The number of aliphatic hydroxyl groups is 1. The maximum Gasteiger partial charge on any atom is 0.159 e. The summed E-state index contributed by atoms with van der Waals surface area (Å²) in [5, 5.41) is 22.5. The number of aromatic nitrogens is 2. The number of anilines is 1. The fourth-order valence-corrected chi connectivity index (χ4v) is 1.85. The first-order valence-corrected chi connectivity index (χ1v) is 5.92. The first-order chi connectivity index (χ1) is 8.26. The van der Waals surface area contributed by atoms with Gasteiger partial charge in [0.1, 0.15) is 0 Å². The molecule has 0 fully saturated rings. The number of halogens is 1. The van der Waals surface area contributed by atoms with Gasteiger partial charge in [-0.25, -0.2) is 0 Å². The smallest absolute Gasteiger partial charge is 0.159 e. The van der Waals surface area contributed by atoms with Gasteiger partial charge in [-0.2, -0.15) is 0 Å². The molecule has 2 rings (SSSR count). The molecule has 1 aromatic heterocycles. The van der Waals surface area contributed by atoms with E-state index < -0.39 is 0 Å². The molecule has 0 radical (unpaired) electrons. The lowest BCUT2D eigenvalue weighted by Gasteiger charge is -2.15. The van der Waals surface area contributed by atoms with Crippen molar-refractivity contribution in [1.29, 1.82) is 0 Å². The lowest BCUT2D eigenvalue weighted by molar-refractivity contribution is 0.271. The molecule has 5 heteroatoms. The first kappa shape index (κ1) is 12.1. The predicted octanol–water partition coefficient (Wildman–Crippen LogP) is 2.47. The van der Waals surface area contributed by atoms with Crippen LogP contribution in [0.15, 0.2) is 24.3 Å². The van der Waals surface area contributed by atoms with Crippen LogP contribution in [0.5, 0.6) is 0 Å². The van der Waals surface area contributed by atoms with Crippen molar-refractivity contribution in [3.63, 3.8) is 0 Å². The second-order valence-corrected chi connectivity index (χ2v) is 4.18. The summed E-state index contributed by atoms with van der Waals surface area (Å²) in [6.07, 6.45) is 0.815. The van der Waals surface area contributed by atoms with Crippen molar-refractivity contribution >= 4 is 28.2 Å². The molecule has 0 saturated carbocycles. The highest BCUT2D eigenvalue weighted by Crippen LogP contribution is 2.25. The fourth-order valence-electron chi connectivity index (χ4n) is 1.65. The molecule has 4 nitrogen and oxygen atoms in total. The van der Waals surface area contributed by atoms with Gasteiger partial charge in [-0.15, -0.1) is 10.2 Å². The summed E-state index contributed by atoms with van der Waals surface area (Å²) in [6.45, 7) is 2.06. The summed E-state index contributed by atoms with van der Waals surface area (Å²) in [6, 6.07) is 7.64. The highest BCUT2D eigenvalue weighted by Gasteiger charge is 2.10. The van der Waals surface area contributed by atoms with E-state index in [9.17, 15) is 5.11 Å². The van der Waals surface area contributed by atoms with Gasteiger partial charge in [-0.05, 0) is 6.42 Å². The molecule has 0 aliphatic rings. The van der Waals surface area contributed by atoms with Crippen LogP contribution in [0.2, 0.25) is 5.15 Å². The Morgan fingerprint density at radius 3 is 2.65 bits per heavy atom. The Labute approximate surface area is 105 Å². The summed E-state index contributed by atoms with van der Waals surface area (Å²) in [4.78, 5) is 0. The van der Waals surface area contributed by atoms with Gasteiger partial charge in [-0.3, -0.25) is 0 Å². The normalized spacial score (nSPS) is 12.6. The molecule has 0 saturated heterocycles. The Balaban J connectivity index is 2.44. The highest BCUT2D eigenvalue weighted by molar-refractivity contribution is 6.34. The average molecular weight is 252 g/mol. The average Bonchev–Trinajstić information content (AvgIpc) is 2.38. The number of rotatable bonds is 4. The third-order valence-electron chi connectivity index (χ3n) is 2.70. The molecule has 0 amide bonds. The third kappa shape index (κ3) is 2.48. The molecule has 0 aliphatic heterocycles. The summed E-state index contributed by atoms with van der Waals surface area (Å²) >= 11 is 5.98. The molecule has 1 atom stereocenters. The molecule has 90 valence electrons. The van der Waals surface area contributed by atoms with E-state index >= 15 is 0 Å². The lowest BCUT2D eigenvalue weighted by atomic mass is 10.1. The fraction of sp³-hybridized carbons (Fsp3) is 0.333. The van der Waals surface area contributed by atoms with Crippen molar-refractivity contribution < 1.29 is 5.11 Å². The van der Waals surface area contributed by atoms with Crippen LogP contribution in [0.1, 0.15) is 13.3 Å². The van der Waals surface area contributed by atoms with E-state index in [1.165, 1.54) is 0 Å². The Morgan fingerprint density at radius 1 is 1.29 bits per heavy atom. The van der Waals surface area contributed by atoms with Crippen LogP contribution in [0.4, 0.5) is 5.82 Å². The molecular formula is C12H14ClN3O. The zero-order valence-electron chi connectivity index (χ0n) is 9.52. The van der Waals surface area contributed by atoms with Gasteiger partial charge in [0.2, 0.25) is 0 Å². The number of hydrogen-bond donors (Lipinski definition) is 2. The van der Waals surface area contributed by atoms with Gasteiger partial charge in [0.05, 0.1) is 12.6 Å². The maximum atomic E-state index is 9.18. The van der Waals surface area contributed by atoms with Gasteiger partial charge >= 0.3 is 0 Å². The molecule has 1 aromatic carbocycles. The number of nitrogens with zero attached hydrogens (tertiary/aromatic N) is 2. The molecule has 0 bridgehead atoms. The van der Waals surface area contributed by atoms with Gasteiger partial charge in [0, 0.05) is 10.8 Å². The van der Waals surface area contributed by atoms with Crippen LogP contribution < -0.4 is 5.32 Å². The number of fused-ring (bicyclic) bond motifs is 1. The Hall–Kier alpha value is -1.39. The van der Waals surface area contributed by atoms with Crippen molar-refractivity contribution in [2.75, 3.05) is 11.9 Å². The Bertz CT molecular complexity index is 514. The van der Waals surface area contributed by atoms with Crippen molar-refractivity contribution in [2.24, 2.45) is 0 Å². The number of benzene rings is 1. The van der Waals surface area contributed by atoms with E-state index in [2.05, 4.69) is 15.5 Å². The molecule has 0 spiro atoms. The monoisotopic (exact) mass is 251 g/mol. The first-order valence-electron chi connectivity index (χ1n) is 5.54. The molecule has 1 heterocycles. The van der Waals surface area contributed by atoms with E-state index in [4.69, 9.17) is 11.6 Å². The van der Waals surface area contributed by atoms with Crippen LogP contribution in [-0.4, -0.2) is 28.0 Å². The lowest BCUT2D eigenvalue weighted by Crippen LogP contribution is -2.23. The molecule has 1 unspecified atom stereocenters. The van der Waals surface area contributed by atoms with Crippen molar-refractivity contribution in [3.8, 4) is 0 Å². The third-order valence-corrected chi connectivity index (χ3v) is 2.98. The van der Waals surface area contributed by atoms with Gasteiger partial charge in [0.25, 0.3) is 0 Å². The summed E-state index contributed by atoms with van der Waals surface area (Å²) in [5.74, 6) is 0.658. The van der Waals surface area contributed by atoms with Crippen LogP contribution in [0, 0.1) is 0 Å². The minimum absolute atomic E-state index is 0.0196. The SMILES string of the molecule is CCC(CO)Nc1nnc(Cl)c2ccccc12. The second kappa shape index (κ2) is 5.29. The van der Waals surface area contributed by atoms with Gasteiger partial charge < -0.3 is 10.4 Å². The minimum atomic E-state index is -0.0196. The topological polar surface area (TPSA) is 58.0 Å². The van der Waals surface area contributed by atoms with E-state index in [-0.39, 0.29) is 12.6 Å². The Morgan fingerprint density at radius 2 is 2.00 bits per heavy atom. The number of hydrogen-bond acceptors (Lipinski definition) is 4. The predicted molar refractivity (Wildman–Crippen MR) is 69.3 cm³/mol. The van der Waals surface area contributed by atoms with E-state index in [0.29, 0.717) is 11.0 Å². The van der Waals surface area contributed by atoms with Crippen LogP contribution >= 0.6 is 11.6 Å². The standard InChI is InChI=1S/C12H14ClN3O/c1-2-8(7-17)14-12-10-6-4-3-5-9(10)11(13)15-16-12/h3-6,8,17H,2,7H2,1H3,(H,14,16). The summed E-state index contributed by atoms with van der Waals surface area (Å²) in [5.41, 5.74) is 0. The molecule has 2 aromatic rings. The zero-order chi connectivity index (χ0) is 12.3. The van der Waals surface area contributed by atoms with E-state index in [1.54, 1.807) is 0 Å². The van der Waals surface area contributed by atoms with Crippen LogP contribution in [-0.2, 0) is 0 Å². The second-order valence-electron chi connectivity index (χ2n) is 3.82. The number of aliphatic hydroxyl groups excluding tert-OH is 1. The molecule has 17 heavy (non-hydrogen) atoms. The van der Waals surface area contributed by atoms with Crippen molar-refractivity contribution in [2.45, 2.75) is 19.4 Å².